The van der Waals surface area contributed by atoms with Crippen LogP contribution < -0.4 is 5.32 Å². The van der Waals surface area contributed by atoms with Crippen molar-refractivity contribution in [3.8, 4) is 0 Å². The molecule has 1 atom stereocenters. The van der Waals surface area contributed by atoms with E-state index in [-0.39, 0.29) is 25.2 Å². The van der Waals surface area contributed by atoms with Gasteiger partial charge in [0.25, 0.3) is 0 Å². The molecule has 0 aromatic heterocycles. The van der Waals surface area contributed by atoms with Gasteiger partial charge in [-0.1, -0.05) is 0 Å². The van der Waals surface area contributed by atoms with Crippen LogP contribution in [0.2, 0.25) is 0 Å². The van der Waals surface area contributed by atoms with Crippen LogP contribution in [0.4, 0.5) is 17.6 Å². The van der Waals surface area contributed by atoms with E-state index in [9.17, 15) is 26.0 Å². The lowest BCUT2D eigenvalue weighted by Crippen LogP contribution is -2.49. The zero-order valence-corrected chi connectivity index (χ0v) is 13.6. The predicted molar refractivity (Wildman–Crippen MR) is 77.9 cm³/mol. The lowest BCUT2D eigenvalue weighted by atomic mass is 10.2. The predicted octanol–water partition coefficient (Wildman–Crippen LogP) is 0.911. The zero-order valence-electron chi connectivity index (χ0n) is 12.7. The van der Waals surface area contributed by atoms with E-state index in [1.165, 1.54) is 0 Å². The molecule has 10 heteroatoms. The number of piperazine rings is 1. The molecule has 2 fully saturated rings. The molecule has 134 valence electrons. The molecule has 2 saturated heterocycles. The van der Waals surface area contributed by atoms with Crippen molar-refractivity contribution in [3.05, 3.63) is 29.3 Å². The third-order valence-corrected chi connectivity index (χ3v) is 6.35. The van der Waals surface area contributed by atoms with Gasteiger partial charge in [-0.15, -0.1) is 0 Å². The van der Waals surface area contributed by atoms with Gasteiger partial charge in [0.05, 0.1) is 0 Å². The van der Waals surface area contributed by atoms with Crippen LogP contribution in [-0.2, 0) is 10.0 Å². The van der Waals surface area contributed by atoms with Gasteiger partial charge in [-0.3, -0.25) is 4.90 Å². The van der Waals surface area contributed by atoms with Crippen LogP contribution in [0.15, 0.2) is 11.0 Å². The second-order valence-electron chi connectivity index (χ2n) is 5.89. The van der Waals surface area contributed by atoms with E-state index >= 15 is 0 Å². The van der Waals surface area contributed by atoms with Crippen molar-refractivity contribution in [1.82, 2.24) is 14.5 Å². The Hall–Kier alpha value is -1.23. The minimum Gasteiger partial charge on any atom is -0.314 e. The number of hydrogen-bond donors (Lipinski definition) is 1. The molecule has 0 bridgehead atoms. The highest BCUT2D eigenvalue weighted by atomic mass is 32.2. The van der Waals surface area contributed by atoms with E-state index in [0.29, 0.717) is 6.42 Å². The molecule has 2 aliphatic rings. The molecule has 0 amide bonds. The molecule has 0 aliphatic carbocycles. The van der Waals surface area contributed by atoms with Crippen molar-refractivity contribution < 1.29 is 26.0 Å². The second kappa shape index (κ2) is 6.58. The maximum Gasteiger partial charge on any atom is 0.249 e. The maximum atomic E-state index is 13.8. The standard InChI is InChI=1S/C14H17F4N3O2S/c15-10-7-11(16)13(18)14(12(10)17)24(22,23)21-4-1-9(8-21)20-5-2-19-3-6-20/h7,9,19H,1-6,8H2. The summed E-state index contributed by atoms with van der Waals surface area (Å²) in [6.45, 7) is 3.14. The molecule has 0 spiro atoms. The van der Waals surface area contributed by atoms with Crippen molar-refractivity contribution in [2.24, 2.45) is 0 Å². The van der Waals surface area contributed by atoms with E-state index < -0.39 is 38.2 Å². The highest BCUT2D eigenvalue weighted by Gasteiger charge is 2.39. The molecule has 1 aromatic carbocycles. The highest BCUT2D eigenvalue weighted by Crippen LogP contribution is 2.29. The van der Waals surface area contributed by atoms with Crippen molar-refractivity contribution in [2.45, 2.75) is 17.4 Å². The van der Waals surface area contributed by atoms with Gasteiger partial charge in [0.2, 0.25) is 10.0 Å². The van der Waals surface area contributed by atoms with Crippen molar-refractivity contribution in [3.63, 3.8) is 0 Å². The summed E-state index contributed by atoms with van der Waals surface area (Å²) in [5, 5.41) is 3.18. The average molecular weight is 367 g/mol. The van der Waals surface area contributed by atoms with E-state index in [1.54, 1.807) is 0 Å². The molecule has 1 unspecified atom stereocenters. The Labute approximate surface area is 137 Å². The smallest absolute Gasteiger partial charge is 0.249 e. The summed E-state index contributed by atoms with van der Waals surface area (Å²) in [5.41, 5.74) is 0. The number of nitrogens with one attached hydrogen (secondary N) is 1. The third-order valence-electron chi connectivity index (χ3n) is 4.46. The number of sulfonamides is 1. The summed E-state index contributed by atoms with van der Waals surface area (Å²) in [6.07, 6.45) is 0.500. The fourth-order valence-corrected chi connectivity index (χ4v) is 4.80. The average Bonchev–Trinajstić information content (AvgIpc) is 3.05. The van der Waals surface area contributed by atoms with Crippen LogP contribution in [0, 0.1) is 23.3 Å². The molecule has 5 nitrogen and oxygen atoms in total. The number of benzene rings is 1. The van der Waals surface area contributed by atoms with Crippen LogP contribution in [0.25, 0.3) is 0 Å². The highest BCUT2D eigenvalue weighted by molar-refractivity contribution is 7.89. The monoisotopic (exact) mass is 367 g/mol. The minimum absolute atomic E-state index is 0.00277. The lowest BCUT2D eigenvalue weighted by molar-refractivity contribution is 0.179. The largest absolute Gasteiger partial charge is 0.314 e. The van der Waals surface area contributed by atoms with Crippen LogP contribution in [0.3, 0.4) is 0 Å². The topological polar surface area (TPSA) is 52.7 Å². The number of halogens is 4. The van der Waals surface area contributed by atoms with Gasteiger partial charge in [-0.2, -0.15) is 4.31 Å². The van der Waals surface area contributed by atoms with Gasteiger partial charge in [-0.25, -0.2) is 26.0 Å². The second-order valence-corrected chi connectivity index (χ2v) is 7.76. The number of rotatable bonds is 3. The molecule has 3 rings (SSSR count). The molecule has 24 heavy (non-hydrogen) atoms. The molecule has 1 N–H and O–H groups in total. The maximum absolute atomic E-state index is 13.8. The van der Waals surface area contributed by atoms with Crippen molar-refractivity contribution in [2.75, 3.05) is 39.3 Å². The Balaban J connectivity index is 1.87. The normalized spacial score (nSPS) is 23.8. The van der Waals surface area contributed by atoms with Gasteiger partial charge >= 0.3 is 0 Å². The summed E-state index contributed by atoms with van der Waals surface area (Å²) in [4.78, 5) is 0.547. The Morgan fingerprint density at radius 3 is 2.17 bits per heavy atom. The SMILES string of the molecule is O=S(=O)(c1c(F)c(F)cc(F)c1F)N1CCC(N2CCNCC2)C1. The third kappa shape index (κ3) is 3.03. The van der Waals surface area contributed by atoms with Crippen molar-refractivity contribution >= 4 is 10.0 Å². The van der Waals surface area contributed by atoms with Gasteiger partial charge < -0.3 is 5.32 Å². The molecular weight excluding hydrogens is 350 g/mol. The Bertz CT molecular complexity index is 712. The van der Waals surface area contributed by atoms with Gasteiger partial charge in [0.1, 0.15) is 0 Å². The van der Waals surface area contributed by atoms with E-state index in [0.717, 1.165) is 30.5 Å². The van der Waals surface area contributed by atoms with Gasteiger partial charge in [-0.05, 0) is 6.42 Å². The van der Waals surface area contributed by atoms with Gasteiger partial charge in [0, 0.05) is 51.4 Å². The minimum atomic E-state index is -4.66. The van der Waals surface area contributed by atoms with E-state index in [1.807, 2.05) is 0 Å². The molecule has 1 aromatic rings. The first kappa shape index (κ1) is 17.6. The van der Waals surface area contributed by atoms with Crippen LogP contribution >= 0.6 is 0 Å². The molecule has 2 aliphatic heterocycles. The Kier molecular flexibility index (Phi) is 4.82. The first-order valence-corrected chi connectivity index (χ1v) is 9.04. The van der Waals surface area contributed by atoms with E-state index in [2.05, 4.69) is 10.2 Å². The summed E-state index contributed by atoms with van der Waals surface area (Å²) in [6, 6.07) is -0.0802. The van der Waals surface area contributed by atoms with E-state index in [4.69, 9.17) is 0 Å². The molecule has 0 saturated carbocycles. The zero-order chi connectivity index (χ0) is 17.5. The quantitative estimate of drug-likeness (QED) is 0.638. The molecular formula is C14H17F4N3O2S. The number of nitrogens with zero attached hydrogens (tertiary/aromatic N) is 2. The van der Waals surface area contributed by atoms with Crippen LogP contribution in [0.5, 0.6) is 0 Å². The lowest BCUT2D eigenvalue weighted by Gasteiger charge is -2.32. The molecule has 2 heterocycles. The summed E-state index contributed by atoms with van der Waals surface area (Å²) in [7, 11) is -4.66. The Morgan fingerprint density at radius 2 is 1.58 bits per heavy atom. The summed E-state index contributed by atoms with van der Waals surface area (Å²) >= 11 is 0. The first-order valence-electron chi connectivity index (χ1n) is 7.60. The first-order chi connectivity index (χ1) is 11.3. The summed E-state index contributed by atoms with van der Waals surface area (Å²) < 4.78 is 80.2. The van der Waals surface area contributed by atoms with Crippen molar-refractivity contribution in [1.29, 1.82) is 0 Å². The fourth-order valence-electron chi connectivity index (χ4n) is 3.18. The van der Waals surface area contributed by atoms with Crippen LogP contribution in [0.1, 0.15) is 6.42 Å². The van der Waals surface area contributed by atoms with Crippen LogP contribution in [-0.4, -0.2) is 62.9 Å². The molecule has 0 radical (unpaired) electrons. The fraction of sp³-hybridized carbons (Fsp3) is 0.571. The summed E-state index contributed by atoms with van der Waals surface area (Å²) in [5.74, 6) is -7.24. The Morgan fingerprint density at radius 1 is 1.00 bits per heavy atom. The van der Waals surface area contributed by atoms with Gasteiger partial charge in [0.15, 0.2) is 28.2 Å². The number of hydrogen-bond acceptors (Lipinski definition) is 4.